The van der Waals surface area contributed by atoms with Crippen LogP contribution < -0.4 is 5.32 Å². The lowest BCUT2D eigenvalue weighted by molar-refractivity contribution is -0.137. The van der Waals surface area contributed by atoms with Gasteiger partial charge in [0.05, 0.1) is 17.5 Å². The minimum absolute atomic E-state index is 0.0767. The van der Waals surface area contributed by atoms with Crippen LogP contribution >= 0.6 is 0 Å². The van der Waals surface area contributed by atoms with Gasteiger partial charge in [-0.1, -0.05) is 32.9 Å². The first kappa shape index (κ1) is 20.7. The highest BCUT2D eigenvalue weighted by molar-refractivity contribution is 5.76. The van der Waals surface area contributed by atoms with Gasteiger partial charge in [-0.15, -0.1) is 0 Å². The van der Waals surface area contributed by atoms with Crippen LogP contribution in [0.3, 0.4) is 0 Å². The predicted octanol–water partition coefficient (Wildman–Crippen LogP) is 4.90. The number of nitrogens with zero attached hydrogens (tertiary/aromatic N) is 2. The molecule has 1 saturated heterocycles. The Bertz CT molecular complexity index is 1010. The highest BCUT2D eigenvalue weighted by Crippen LogP contribution is 2.70. The second kappa shape index (κ2) is 7.19. The number of hydrogen-bond donors (Lipinski definition) is 1. The van der Waals surface area contributed by atoms with Gasteiger partial charge in [-0.2, -0.15) is 5.10 Å². The number of aromatic nitrogens is 2. The number of ether oxygens (including phenoxy) is 1. The highest BCUT2D eigenvalue weighted by Gasteiger charge is 2.68. The smallest absolute Gasteiger partial charge is 0.219 e. The molecule has 3 fully saturated rings. The molecule has 5 atom stereocenters. The Labute approximate surface area is 185 Å². The summed E-state index contributed by atoms with van der Waals surface area (Å²) in [4.78, 5) is 12.4. The van der Waals surface area contributed by atoms with Crippen LogP contribution in [0.1, 0.15) is 69.5 Å². The Morgan fingerprint density at radius 1 is 1.29 bits per heavy atom. The maximum Gasteiger partial charge on any atom is 0.219 e. The van der Waals surface area contributed by atoms with E-state index in [0.29, 0.717) is 18.3 Å². The summed E-state index contributed by atoms with van der Waals surface area (Å²) in [7, 11) is 0. The minimum atomic E-state index is 0.0767. The maximum absolute atomic E-state index is 12.4. The molecule has 1 N–H and O–H groups in total. The molecule has 1 aromatic carbocycles. The molecule has 1 spiro atoms. The van der Waals surface area contributed by atoms with E-state index in [2.05, 4.69) is 61.5 Å². The van der Waals surface area contributed by atoms with Crippen LogP contribution in [-0.4, -0.2) is 28.3 Å². The lowest BCUT2D eigenvalue weighted by atomic mass is 9.59. The van der Waals surface area contributed by atoms with Crippen LogP contribution in [0.5, 0.6) is 0 Å². The summed E-state index contributed by atoms with van der Waals surface area (Å²) in [5, 5.41) is 8.12. The molecule has 0 unspecified atom stereocenters. The highest BCUT2D eigenvalue weighted by atomic mass is 16.5. The second-order valence-electron chi connectivity index (χ2n) is 10.6. The van der Waals surface area contributed by atoms with Crippen molar-refractivity contribution in [2.24, 2.45) is 22.7 Å². The molecule has 2 aliphatic carbocycles. The van der Waals surface area contributed by atoms with Gasteiger partial charge in [-0.05, 0) is 79.5 Å². The van der Waals surface area contributed by atoms with Crippen LogP contribution in [0.15, 0.2) is 30.3 Å². The molecule has 1 aliphatic heterocycles. The number of aryl methyl sites for hydroxylation is 2. The van der Waals surface area contributed by atoms with Gasteiger partial charge in [-0.3, -0.25) is 4.79 Å². The monoisotopic (exact) mass is 421 g/mol. The number of carbonyl (C=O) groups is 1. The molecule has 31 heavy (non-hydrogen) atoms. The van der Waals surface area contributed by atoms with Gasteiger partial charge in [-0.25, -0.2) is 4.68 Å². The SMILES string of the molecule is CCC(=O)N[C@H]1C(C)(C)[C@@H]2C[C@@H]3[C@@H](c4cccc(-n5nc(C)cc5C)c4)OCC[C@@]31C2. The van der Waals surface area contributed by atoms with Crippen molar-refractivity contribution in [3.05, 3.63) is 47.3 Å². The van der Waals surface area contributed by atoms with Gasteiger partial charge in [0, 0.05) is 24.8 Å². The van der Waals surface area contributed by atoms with Crippen LogP contribution in [-0.2, 0) is 9.53 Å². The zero-order chi connectivity index (χ0) is 22.0. The van der Waals surface area contributed by atoms with Crippen molar-refractivity contribution >= 4 is 5.91 Å². The largest absolute Gasteiger partial charge is 0.373 e. The molecule has 0 radical (unpaired) electrons. The van der Waals surface area contributed by atoms with E-state index >= 15 is 0 Å². The fourth-order valence-corrected chi connectivity index (χ4v) is 7.10. The normalized spacial score (nSPS) is 33.3. The number of nitrogens with one attached hydrogen (secondary N) is 1. The van der Waals surface area contributed by atoms with Crippen LogP contribution in [0.2, 0.25) is 0 Å². The Morgan fingerprint density at radius 3 is 2.81 bits per heavy atom. The van der Waals surface area contributed by atoms with Crippen molar-refractivity contribution < 1.29 is 9.53 Å². The topological polar surface area (TPSA) is 56.2 Å². The average Bonchev–Trinajstić information content (AvgIpc) is 3.36. The Kier molecular flexibility index (Phi) is 4.81. The molecule has 166 valence electrons. The van der Waals surface area contributed by atoms with Gasteiger partial charge in [0.2, 0.25) is 5.91 Å². The third kappa shape index (κ3) is 3.07. The van der Waals surface area contributed by atoms with Gasteiger partial charge in [0.1, 0.15) is 0 Å². The van der Waals surface area contributed by atoms with Crippen molar-refractivity contribution in [2.45, 2.75) is 72.4 Å². The first-order valence-corrected chi connectivity index (χ1v) is 11.8. The number of hydrogen-bond acceptors (Lipinski definition) is 3. The van der Waals surface area contributed by atoms with Crippen LogP contribution in [0.4, 0.5) is 0 Å². The summed E-state index contributed by atoms with van der Waals surface area (Å²) >= 11 is 0. The fraction of sp³-hybridized carbons (Fsp3) is 0.615. The summed E-state index contributed by atoms with van der Waals surface area (Å²) in [6, 6.07) is 11.0. The molecule has 1 aromatic heterocycles. The zero-order valence-corrected chi connectivity index (χ0v) is 19.4. The molecule has 1 amide bonds. The fourth-order valence-electron chi connectivity index (χ4n) is 7.10. The van der Waals surface area contributed by atoms with Crippen molar-refractivity contribution in [3.8, 4) is 5.69 Å². The third-order valence-corrected chi connectivity index (χ3v) is 8.58. The molecular weight excluding hydrogens is 386 g/mol. The Balaban J connectivity index is 1.50. The molecule has 2 aromatic rings. The van der Waals surface area contributed by atoms with Crippen molar-refractivity contribution in [1.82, 2.24) is 15.1 Å². The zero-order valence-electron chi connectivity index (χ0n) is 19.4. The van der Waals surface area contributed by atoms with Gasteiger partial charge < -0.3 is 10.1 Å². The summed E-state index contributed by atoms with van der Waals surface area (Å²) in [6.45, 7) is 11.5. The lowest BCUT2D eigenvalue weighted by Crippen LogP contribution is -2.58. The summed E-state index contributed by atoms with van der Waals surface area (Å²) in [5.74, 6) is 1.24. The number of rotatable bonds is 4. The van der Waals surface area contributed by atoms with E-state index < -0.39 is 0 Å². The van der Waals surface area contributed by atoms with Crippen molar-refractivity contribution in [3.63, 3.8) is 0 Å². The van der Waals surface area contributed by atoms with E-state index in [1.54, 1.807) is 0 Å². The molecule has 3 aliphatic rings. The van der Waals surface area contributed by atoms with E-state index in [-0.39, 0.29) is 28.9 Å². The van der Waals surface area contributed by atoms with E-state index in [1.807, 2.05) is 18.5 Å². The summed E-state index contributed by atoms with van der Waals surface area (Å²) < 4.78 is 8.48. The van der Waals surface area contributed by atoms with E-state index in [1.165, 1.54) is 18.4 Å². The molecule has 5 heteroatoms. The Morgan fingerprint density at radius 2 is 2.10 bits per heavy atom. The number of fused-ring (bicyclic) bond motifs is 1. The first-order valence-electron chi connectivity index (χ1n) is 11.8. The van der Waals surface area contributed by atoms with E-state index in [4.69, 9.17) is 4.74 Å². The number of benzene rings is 1. The maximum atomic E-state index is 12.4. The summed E-state index contributed by atoms with van der Waals surface area (Å²) in [5.41, 5.74) is 4.76. The molecule has 2 saturated carbocycles. The first-order chi connectivity index (χ1) is 14.8. The second-order valence-corrected chi connectivity index (χ2v) is 10.6. The minimum Gasteiger partial charge on any atom is -0.373 e. The molecular formula is C26H35N3O2. The Hall–Kier alpha value is -2.14. The van der Waals surface area contributed by atoms with Crippen LogP contribution in [0.25, 0.3) is 5.69 Å². The standard InChI is InChI=1S/C26H35N3O2/c1-6-22(30)27-24-25(4,5)19-14-21-23(31-11-10-26(21,24)15-19)18-8-7-9-20(13-18)29-17(3)12-16(2)28-29/h7-9,12-13,19,21,23-24H,6,10-11,14-15H2,1-5H3,(H,27,30)/t19-,21-,23-,24+,26-/m1/s1. The van der Waals surface area contributed by atoms with E-state index in [9.17, 15) is 4.79 Å². The van der Waals surface area contributed by atoms with Gasteiger partial charge >= 0.3 is 0 Å². The van der Waals surface area contributed by atoms with Crippen molar-refractivity contribution in [2.75, 3.05) is 6.61 Å². The van der Waals surface area contributed by atoms with Gasteiger partial charge in [0.25, 0.3) is 0 Å². The van der Waals surface area contributed by atoms with Gasteiger partial charge in [0.15, 0.2) is 0 Å². The number of carbonyl (C=O) groups excluding carboxylic acids is 1. The molecule has 5 rings (SSSR count). The summed E-state index contributed by atoms with van der Waals surface area (Å²) in [6.07, 6.45) is 4.05. The molecule has 2 heterocycles. The van der Waals surface area contributed by atoms with Crippen molar-refractivity contribution in [1.29, 1.82) is 0 Å². The third-order valence-electron chi connectivity index (χ3n) is 8.58. The quantitative estimate of drug-likeness (QED) is 0.764. The molecule has 5 nitrogen and oxygen atoms in total. The predicted molar refractivity (Wildman–Crippen MR) is 121 cm³/mol. The average molecular weight is 422 g/mol. The molecule has 2 bridgehead atoms. The van der Waals surface area contributed by atoms with Crippen LogP contribution in [0, 0.1) is 36.5 Å². The van der Waals surface area contributed by atoms with E-state index in [0.717, 1.165) is 30.1 Å². The number of amides is 1. The lowest BCUT2D eigenvalue weighted by Gasteiger charge is -2.53.